The van der Waals surface area contributed by atoms with E-state index >= 15 is 0 Å². The quantitative estimate of drug-likeness (QED) is 0.0700. The predicted octanol–water partition coefficient (Wildman–Crippen LogP) is 4.52. The Hall–Kier alpha value is -1.45. The molecule has 9 heteroatoms. The maximum Gasteiger partial charge on any atom is 1.00 e. The molecule has 0 aliphatic carbocycles. The third-order valence-electron chi connectivity index (χ3n) is 6.00. The van der Waals surface area contributed by atoms with E-state index in [9.17, 15) is 22.6 Å². The summed E-state index contributed by atoms with van der Waals surface area (Å²) >= 11 is 0. The largest absolute Gasteiger partial charge is 1.00 e. The zero-order chi connectivity index (χ0) is 28.1. The SMILES string of the molecule is CCCC/C=C/CCCCCOC(=O)c1ccc(S(=O)(=O)[O-])cc1C(=O)OCCCCC/C=C/CCCC.[Na+]. The Morgan fingerprint density at radius 3 is 1.56 bits per heavy atom. The van der Waals surface area contributed by atoms with Crippen LogP contribution in [0, 0.1) is 0 Å². The molecule has 0 saturated heterocycles. The summed E-state index contributed by atoms with van der Waals surface area (Å²) < 4.78 is 45.0. The van der Waals surface area contributed by atoms with Crippen molar-refractivity contribution in [3.05, 3.63) is 53.6 Å². The van der Waals surface area contributed by atoms with Crippen LogP contribution in [0.25, 0.3) is 0 Å². The fourth-order valence-corrected chi connectivity index (χ4v) is 4.21. The van der Waals surface area contributed by atoms with Gasteiger partial charge in [0.15, 0.2) is 0 Å². The van der Waals surface area contributed by atoms with Gasteiger partial charge in [0.1, 0.15) is 10.1 Å². The molecule has 0 saturated carbocycles. The summed E-state index contributed by atoms with van der Waals surface area (Å²) in [6, 6.07) is 3.04. The zero-order valence-electron chi connectivity index (χ0n) is 24.1. The zero-order valence-corrected chi connectivity index (χ0v) is 26.9. The van der Waals surface area contributed by atoms with Crippen LogP contribution in [-0.2, 0) is 19.6 Å². The van der Waals surface area contributed by atoms with E-state index in [1.54, 1.807) is 0 Å². The summed E-state index contributed by atoms with van der Waals surface area (Å²) in [5.74, 6) is -1.60. The van der Waals surface area contributed by atoms with Crippen molar-refractivity contribution in [1.29, 1.82) is 0 Å². The van der Waals surface area contributed by atoms with Gasteiger partial charge in [-0.25, -0.2) is 18.0 Å². The molecule has 0 unspecified atom stereocenters. The molecule has 39 heavy (non-hydrogen) atoms. The van der Waals surface area contributed by atoms with Crippen LogP contribution >= 0.6 is 0 Å². The molecule has 0 atom stereocenters. The Labute approximate surface area is 257 Å². The van der Waals surface area contributed by atoms with Gasteiger partial charge in [-0.05, 0) is 82.4 Å². The topological polar surface area (TPSA) is 110 Å². The van der Waals surface area contributed by atoms with Gasteiger partial charge in [0.25, 0.3) is 0 Å². The molecular weight excluding hydrogens is 527 g/mol. The van der Waals surface area contributed by atoms with Gasteiger partial charge in [-0.1, -0.05) is 63.8 Å². The van der Waals surface area contributed by atoms with Gasteiger partial charge >= 0.3 is 41.5 Å². The minimum absolute atomic E-state index is 0. The Balaban J connectivity index is 0.0000144. The summed E-state index contributed by atoms with van der Waals surface area (Å²) in [6.45, 7) is 4.64. The minimum Gasteiger partial charge on any atom is -0.744 e. The molecule has 0 heterocycles. The van der Waals surface area contributed by atoms with Crippen molar-refractivity contribution in [3.63, 3.8) is 0 Å². The smallest absolute Gasteiger partial charge is 0.744 e. The maximum absolute atomic E-state index is 12.7. The van der Waals surface area contributed by atoms with E-state index in [1.165, 1.54) is 25.7 Å². The summed E-state index contributed by atoms with van der Waals surface area (Å²) in [4.78, 5) is 24.7. The summed E-state index contributed by atoms with van der Waals surface area (Å²) in [5, 5.41) is 0. The molecule has 0 aliphatic heterocycles. The molecular formula is C30H45NaO7S. The van der Waals surface area contributed by atoms with Crippen molar-refractivity contribution in [2.24, 2.45) is 0 Å². The van der Waals surface area contributed by atoms with Gasteiger partial charge in [0.2, 0.25) is 0 Å². The number of esters is 2. The fourth-order valence-electron chi connectivity index (χ4n) is 3.71. The molecule has 0 aliphatic rings. The second kappa shape index (κ2) is 23.3. The van der Waals surface area contributed by atoms with Crippen LogP contribution in [-0.4, -0.2) is 38.1 Å². The third kappa shape index (κ3) is 17.8. The average Bonchev–Trinajstić information content (AvgIpc) is 2.89. The molecule has 214 valence electrons. The number of hydrogen-bond acceptors (Lipinski definition) is 7. The monoisotopic (exact) mass is 572 g/mol. The molecule has 0 bridgehead atoms. The van der Waals surface area contributed by atoms with Gasteiger partial charge in [-0.2, -0.15) is 0 Å². The minimum atomic E-state index is -4.80. The summed E-state index contributed by atoms with van der Waals surface area (Å²) in [7, 11) is -4.80. The molecule has 0 spiro atoms. The van der Waals surface area contributed by atoms with Crippen LogP contribution in [0.4, 0.5) is 0 Å². The van der Waals surface area contributed by atoms with E-state index < -0.39 is 27.0 Å². The van der Waals surface area contributed by atoms with Crippen LogP contribution in [0.1, 0.15) is 124 Å². The first-order valence-corrected chi connectivity index (χ1v) is 15.5. The first kappa shape index (κ1) is 37.6. The Morgan fingerprint density at radius 1 is 0.692 bits per heavy atom. The van der Waals surface area contributed by atoms with E-state index in [2.05, 4.69) is 38.2 Å². The standard InChI is InChI=1S/C30H46O7S.Na/c1-3-5-7-9-11-13-15-17-19-23-36-29(31)27-22-21-26(38(33,34)35)25-28(27)30(32)37-24-20-18-16-14-12-10-8-6-4-2;/h9-12,21-22,25H,3-8,13-20,23-24H2,1-2H3,(H,33,34,35);/q;+1/p-1/b11-9+,12-10+;. The molecule has 1 aromatic rings. The van der Waals surface area contributed by atoms with E-state index in [0.717, 1.165) is 69.6 Å². The van der Waals surface area contributed by atoms with E-state index in [4.69, 9.17) is 9.47 Å². The van der Waals surface area contributed by atoms with E-state index in [1.807, 2.05) is 0 Å². The number of ether oxygens (including phenoxy) is 2. The van der Waals surface area contributed by atoms with Gasteiger partial charge in [-0.15, -0.1) is 0 Å². The number of hydrogen-bond donors (Lipinski definition) is 0. The van der Waals surface area contributed by atoms with Crippen molar-refractivity contribution in [1.82, 2.24) is 0 Å². The second-order valence-electron chi connectivity index (χ2n) is 9.36. The van der Waals surface area contributed by atoms with E-state index in [0.29, 0.717) is 12.8 Å². The number of allylic oxidation sites excluding steroid dienone is 4. The van der Waals surface area contributed by atoms with Gasteiger partial charge < -0.3 is 14.0 Å². The number of unbranched alkanes of at least 4 members (excludes halogenated alkanes) is 10. The molecule has 1 aromatic carbocycles. The Morgan fingerprint density at radius 2 is 1.13 bits per heavy atom. The Bertz CT molecular complexity index is 987. The molecule has 0 aromatic heterocycles. The van der Waals surface area contributed by atoms with Gasteiger partial charge in [-0.3, -0.25) is 0 Å². The van der Waals surface area contributed by atoms with E-state index in [-0.39, 0.29) is 53.9 Å². The van der Waals surface area contributed by atoms with Crippen molar-refractivity contribution < 1.29 is 61.6 Å². The summed E-state index contributed by atoms with van der Waals surface area (Å²) in [5.41, 5.74) is -0.388. The van der Waals surface area contributed by atoms with Crippen LogP contribution in [0.3, 0.4) is 0 Å². The van der Waals surface area contributed by atoms with Crippen LogP contribution < -0.4 is 29.6 Å². The summed E-state index contributed by atoms with van der Waals surface area (Å²) in [6.07, 6.45) is 22.6. The molecule has 1 rings (SSSR count). The van der Waals surface area contributed by atoms with Crippen molar-refractivity contribution in [3.8, 4) is 0 Å². The van der Waals surface area contributed by atoms with Gasteiger partial charge in [0.05, 0.1) is 29.2 Å². The average molecular weight is 573 g/mol. The number of carbonyl (C=O) groups is 2. The first-order valence-electron chi connectivity index (χ1n) is 14.0. The van der Waals surface area contributed by atoms with Crippen LogP contribution in [0.15, 0.2) is 47.4 Å². The van der Waals surface area contributed by atoms with Crippen LogP contribution in [0.2, 0.25) is 0 Å². The van der Waals surface area contributed by atoms with Crippen molar-refractivity contribution in [2.45, 2.75) is 109 Å². The predicted molar refractivity (Wildman–Crippen MR) is 149 cm³/mol. The first-order chi connectivity index (χ1) is 18.3. The third-order valence-corrected chi connectivity index (χ3v) is 6.83. The fraction of sp³-hybridized carbons (Fsp3) is 0.600. The molecule has 0 fully saturated rings. The van der Waals surface area contributed by atoms with Crippen molar-refractivity contribution >= 4 is 22.1 Å². The Kier molecular flexibility index (Phi) is 22.4. The molecule has 0 radical (unpaired) electrons. The van der Waals surface area contributed by atoms with Crippen molar-refractivity contribution in [2.75, 3.05) is 13.2 Å². The second-order valence-corrected chi connectivity index (χ2v) is 10.7. The maximum atomic E-state index is 12.7. The normalized spacial score (nSPS) is 11.6. The molecule has 7 nitrogen and oxygen atoms in total. The number of benzene rings is 1. The number of rotatable bonds is 21. The van der Waals surface area contributed by atoms with Crippen LogP contribution in [0.5, 0.6) is 0 Å². The number of carbonyl (C=O) groups excluding carboxylic acids is 2. The molecule has 0 N–H and O–H groups in total. The molecule has 0 amide bonds. The van der Waals surface area contributed by atoms with Gasteiger partial charge in [0, 0.05) is 0 Å².